The summed E-state index contributed by atoms with van der Waals surface area (Å²) in [5, 5.41) is 10.8. The van der Waals surface area contributed by atoms with E-state index in [0.717, 1.165) is 0 Å². The maximum atomic E-state index is 12.9. The number of rotatable bonds is 8. The summed E-state index contributed by atoms with van der Waals surface area (Å²) in [7, 11) is 5.04. The second-order valence-corrected chi connectivity index (χ2v) is 9.75. The van der Waals surface area contributed by atoms with Crippen molar-refractivity contribution >= 4 is 40.9 Å². The van der Waals surface area contributed by atoms with Gasteiger partial charge in [-0.1, -0.05) is 0 Å². The summed E-state index contributed by atoms with van der Waals surface area (Å²) >= 11 is 0. The molecule has 0 saturated heterocycles. The zero-order valence-electron chi connectivity index (χ0n) is 22.3. The number of nitrogens with zero attached hydrogens (tertiary/aromatic N) is 3. The number of hydrogen-bond acceptors (Lipinski definition) is 6. The van der Waals surface area contributed by atoms with E-state index in [0.29, 0.717) is 35.8 Å². The summed E-state index contributed by atoms with van der Waals surface area (Å²) in [5.41, 5.74) is 6.96. The molecule has 0 radical (unpaired) electrons. The summed E-state index contributed by atoms with van der Waals surface area (Å²) in [6, 6.07) is 4.62. The molecule has 204 valence electrons. The highest BCUT2D eigenvalue weighted by Gasteiger charge is 2.20. The molecule has 3 rings (SSSR count). The van der Waals surface area contributed by atoms with E-state index in [2.05, 4.69) is 21.3 Å². The number of ether oxygens (including phenoxy) is 1. The normalized spacial score (nSPS) is 11.1. The first-order valence-electron chi connectivity index (χ1n) is 11.9. The molecule has 0 bridgehead atoms. The fourth-order valence-corrected chi connectivity index (χ4v) is 3.66. The molecule has 0 aliphatic rings. The number of aromatic nitrogens is 3. The summed E-state index contributed by atoms with van der Waals surface area (Å²) in [4.78, 5) is 50.0. The van der Waals surface area contributed by atoms with Gasteiger partial charge in [-0.05, 0) is 39.0 Å². The van der Waals surface area contributed by atoms with Crippen molar-refractivity contribution in [2.45, 2.75) is 26.4 Å². The Labute approximate surface area is 220 Å². The maximum Gasteiger partial charge on any atom is 0.412 e. The van der Waals surface area contributed by atoms with E-state index in [1.165, 1.54) is 12.1 Å². The minimum absolute atomic E-state index is 0.288. The molecule has 0 fully saturated rings. The summed E-state index contributed by atoms with van der Waals surface area (Å²) in [6.07, 6.45) is 4.19. The summed E-state index contributed by atoms with van der Waals surface area (Å²) in [5.74, 6) is -1.15. The molecule has 13 heteroatoms. The molecule has 0 aromatic carbocycles. The molecule has 3 heterocycles. The van der Waals surface area contributed by atoms with Gasteiger partial charge in [0, 0.05) is 52.8 Å². The van der Waals surface area contributed by atoms with Crippen molar-refractivity contribution in [1.82, 2.24) is 19.0 Å². The van der Waals surface area contributed by atoms with Crippen molar-refractivity contribution in [3.63, 3.8) is 0 Å². The van der Waals surface area contributed by atoms with Crippen LogP contribution in [0.4, 0.5) is 21.9 Å². The molecule has 3 aromatic rings. The van der Waals surface area contributed by atoms with Crippen LogP contribution in [-0.4, -0.2) is 56.2 Å². The van der Waals surface area contributed by atoms with Gasteiger partial charge in [0.15, 0.2) is 0 Å². The number of amides is 4. The highest BCUT2D eigenvalue weighted by molar-refractivity contribution is 6.07. The molecule has 4 amide bonds. The lowest BCUT2D eigenvalue weighted by molar-refractivity contribution is 0.0635. The topological polar surface area (TPSA) is 166 Å². The van der Waals surface area contributed by atoms with Gasteiger partial charge in [-0.2, -0.15) is 0 Å². The van der Waals surface area contributed by atoms with Gasteiger partial charge in [0.25, 0.3) is 17.7 Å². The molecule has 0 aliphatic heterocycles. The molecule has 0 saturated carbocycles. The van der Waals surface area contributed by atoms with E-state index in [1.54, 1.807) is 80.3 Å². The minimum Gasteiger partial charge on any atom is -0.444 e. The fraction of sp³-hybridized carbons (Fsp3) is 0.360. The number of hydrogen-bond donors (Lipinski definition) is 5. The predicted octanol–water partition coefficient (Wildman–Crippen LogP) is 2.24. The third-order valence-corrected chi connectivity index (χ3v) is 5.30. The Morgan fingerprint density at radius 1 is 0.737 bits per heavy atom. The van der Waals surface area contributed by atoms with Crippen LogP contribution in [0.3, 0.4) is 0 Å². The summed E-state index contributed by atoms with van der Waals surface area (Å²) in [6.45, 7) is 5.93. The number of nitrogens with one attached hydrogen (secondary N) is 4. The van der Waals surface area contributed by atoms with Crippen LogP contribution in [0.15, 0.2) is 36.8 Å². The van der Waals surface area contributed by atoms with Gasteiger partial charge in [0.05, 0.1) is 17.1 Å². The van der Waals surface area contributed by atoms with E-state index in [-0.39, 0.29) is 17.3 Å². The average molecular weight is 527 g/mol. The molecule has 13 nitrogen and oxygen atoms in total. The van der Waals surface area contributed by atoms with E-state index >= 15 is 0 Å². The van der Waals surface area contributed by atoms with Gasteiger partial charge in [-0.3, -0.25) is 19.7 Å². The van der Waals surface area contributed by atoms with Gasteiger partial charge >= 0.3 is 6.09 Å². The van der Waals surface area contributed by atoms with Crippen LogP contribution in [0.25, 0.3) is 0 Å². The molecular formula is C25H34N8O5. The minimum atomic E-state index is -0.654. The second kappa shape index (κ2) is 11.3. The molecule has 6 N–H and O–H groups in total. The van der Waals surface area contributed by atoms with E-state index in [9.17, 15) is 19.2 Å². The Hall–Kier alpha value is -4.52. The molecule has 0 aliphatic carbocycles. The van der Waals surface area contributed by atoms with Crippen molar-refractivity contribution in [1.29, 1.82) is 0 Å². The quantitative estimate of drug-likeness (QED) is 0.302. The number of carbonyl (C=O) groups excluding carboxylic acids is 4. The summed E-state index contributed by atoms with van der Waals surface area (Å²) < 4.78 is 9.98. The van der Waals surface area contributed by atoms with Gasteiger partial charge in [-0.25, -0.2) is 4.79 Å². The molecule has 0 spiro atoms. The van der Waals surface area contributed by atoms with E-state index in [1.807, 2.05) is 0 Å². The van der Waals surface area contributed by atoms with Crippen LogP contribution < -0.4 is 27.0 Å². The lowest BCUT2D eigenvalue weighted by atomic mass is 10.2. The maximum absolute atomic E-state index is 12.9. The van der Waals surface area contributed by atoms with Crippen LogP contribution in [0.1, 0.15) is 52.2 Å². The van der Waals surface area contributed by atoms with Gasteiger partial charge in [-0.15, -0.1) is 0 Å². The largest absolute Gasteiger partial charge is 0.444 e. The monoisotopic (exact) mass is 526 g/mol. The number of aryl methyl sites for hydroxylation is 3. The first-order chi connectivity index (χ1) is 17.8. The zero-order valence-corrected chi connectivity index (χ0v) is 22.3. The van der Waals surface area contributed by atoms with Crippen molar-refractivity contribution in [3.05, 3.63) is 53.9 Å². The zero-order chi connectivity index (χ0) is 28.2. The second-order valence-electron chi connectivity index (χ2n) is 9.75. The van der Waals surface area contributed by atoms with Gasteiger partial charge in [0.1, 0.15) is 22.7 Å². The Kier molecular flexibility index (Phi) is 8.31. The number of anilines is 3. The first-order valence-corrected chi connectivity index (χ1v) is 11.9. The number of nitrogens with two attached hydrogens (primary N) is 1. The SMILES string of the molecule is Cn1cc(NC(=O)c2cc(NC(=O)c3cc(NC(=O)OC(C)(C)C)cn3C)cn2C)cc1C(=O)NCCN. The Bertz CT molecular complexity index is 1360. The average Bonchev–Trinajstić information content (AvgIpc) is 3.46. The molecule has 0 unspecified atom stereocenters. The van der Waals surface area contributed by atoms with Crippen molar-refractivity contribution < 1.29 is 23.9 Å². The fourth-order valence-electron chi connectivity index (χ4n) is 3.66. The Morgan fingerprint density at radius 2 is 1.13 bits per heavy atom. The lowest BCUT2D eigenvalue weighted by Gasteiger charge is -2.19. The molecule has 3 aromatic heterocycles. The molecule has 38 heavy (non-hydrogen) atoms. The van der Waals surface area contributed by atoms with Crippen LogP contribution in [0.2, 0.25) is 0 Å². The first kappa shape index (κ1) is 28.1. The third-order valence-electron chi connectivity index (χ3n) is 5.30. The van der Waals surface area contributed by atoms with E-state index < -0.39 is 23.5 Å². The predicted molar refractivity (Wildman–Crippen MR) is 143 cm³/mol. The van der Waals surface area contributed by atoms with Crippen molar-refractivity contribution in [2.75, 3.05) is 29.0 Å². The Morgan fingerprint density at radius 3 is 1.53 bits per heavy atom. The standard InChI is InChI=1S/C25H34N8O5/c1-25(2,3)38-24(37)30-17-11-20(33(6)14-17)23(36)29-16-10-19(32(5)13-16)22(35)28-15-9-18(31(4)12-15)21(34)27-8-7-26/h9-14H,7-8,26H2,1-6H3,(H,27,34)(H,28,35)(H,29,36)(H,30,37). The van der Waals surface area contributed by atoms with Crippen LogP contribution in [-0.2, 0) is 25.9 Å². The molecule has 0 atom stereocenters. The number of carbonyl (C=O) groups is 4. The molecular weight excluding hydrogens is 492 g/mol. The Balaban J connectivity index is 1.66. The highest BCUT2D eigenvalue weighted by Crippen LogP contribution is 2.20. The van der Waals surface area contributed by atoms with Gasteiger partial charge in [0.2, 0.25) is 0 Å². The third kappa shape index (κ3) is 7.03. The van der Waals surface area contributed by atoms with Crippen molar-refractivity contribution in [2.24, 2.45) is 26.9 Å². The smallest absolute Gasteiger partial charge is 0.412 e. The highest BCUT2D eigenvalue weighted by atomic mass is 16.6. The van der Waals surface area contributed by atoms with Crippen LogP contribution in [0, 0.1) is 0 Å². The van der Waals surface area contributed by atoms with E-state index in [4.69, 9.17) is 10.5 Å². The van der Waals surface area contributed by atoms with Crippen molar-refractivity contribution in [3.8, 4) is 0 Å². The van der Waals surface area contributed by atoms with Crippen LogP contribution in [0.5, 0.6) is 0 Å². The van der Waals surface area contributed by atoms with Gasteiger partial charge < -0.3 is 40.1 Å². The lowest BCUT2D eigenvalue weighted by Crippen LogP contribution is -2.30. The van der Waals surface area contributed by atoms with Crippen LogP contribution >= 0.6 is 0 Å².